The van der Waals surface area contributed by atoms with Crippen LogP contribution in [0, 0.1) is 0 Å². The third-order valence-corrected chi connectivity index (χ3v) is 11.1. The maximum Gasteiger partial charge on any atom is 0.472 e. The Morgan fingerprint density at radius 1 is 0.426 bits per heavy atom. The van der Waals surface area contributed by atoms with Crippen molar-refractivity contribution < 1.29 is 52.2 Å². The molecule has 11 nitrogen and oxygen atoms in total. The summed E-state index contributed by atoms with van der Waals surface area (Å²) in [6, 6.07) is 0. The van der Waals surface area contributed by atoms with Crippen LogP contribution in [0.15, 0.2) is 109 Å². The zero-order chi connectivity index (χ0) is 49.9. The molecule has 0 amide bonds. The van der Waals surface area contributed by atoms with Crippen LogP contribution in [0.25, 0.3) is 0 Å². The molecule has 0 bridgehead atoms. The second kappa shape index (κ2) is 49.6. The van der Waals surface area contributed by atoms with E-state index in [2.05, 4.69) is 130 Å². The predicted molar refractivity (Wildman–Crippen MR) is 279 cm³/mol. The highest BCUT2D eigenvalue weighted by Crippen LogP contribution is 2.43. The molecule has 0 rings (SSSR count). The molecule has 2 N–H and O–H groups in total. The summed E-state index contributed by atoms with van der Waals surface area (Å²) in [5, 5.41) is 9.77. The van der Waals surface area contributed by atoms with Gasteiger partial charge >= 0.3 is 25.7 Å². The monoisotopic (exact) mass is 971 g/mol. The molecule has 0 heterocycles. The van der Waals surface area contributed by atoms with Gasteiger partial charge in [0, 0.05) is 19.3 Å². The Balaban J connectivity index is 4.87. The zero-order valence-electron chi connectivity index (χ0n) is 42.3. The molecular weight excluding hydrogens is 880 g/mol. The first-order valence-electron chi connectivity index (χ1n) is 25.8. The molecule has 0 saturated carbocycles. The lowest BCUT2D eigenvalue weighted by Gasteiger charge is -2.21. The van der Waals surface area contributed by atoms with E-state index in [1.54, 1.807) is 0 Å². The number of ether oxygens (including phenoxy) is 3. The van der Waals surface area contributed by atoms with Crippen LogP contribution < -0.4 is 0 Å². The van der Waals surface area contributed by atoms with Gasteiger partial charge in [0.1, 0.15) is 12.7 Å². The Labute approximate surface area is 412 Å². The normalized spacial score (nSPS) is 14.4. The third-order valence-electron chi connectivity index (χ3n) is 10.1. The van der Waals surface area contributed by atoms with Gasteiger partial charge in [-0.05, 0) is 116 Å². The number of hydrogen-bond acceptors (Lipinski definition) is 10. The second-order valence-electron chi connectivity index (χ2n) is 16.6. The van der Waals surface area contributed by atoms with Crippen molar-refractivity contribution in [3.63, 3.8) is 0 Å². The van der Waals surface area contributed by atoms with Crippen LogP contribution in [-0.2, 0) is 42.2 Å². The van der Waals surface area contributed by atoms with Crippen molar-refractivity contribution in [2.24, 2.45) is 0 Å². The smallest absolute Gasteiger partial charge is 0.462 e. The molecule has 0 fully saturated rings. The predicted octanol–water partition coefficient (Wildman–Crippen LogP) is 14.7. The summed E-state index contributed by atoms with van der Waals surface area (Å²) in [5.74, 6) is -1.58. The number of esters is 3. The van der Waals surface area contributed by atoms with Crippen molar-refractivity contribution >= 4 is 25.7 Å². The van der Waals surface area contributed by atoms with Gasteiger partial charge in [-0.15, -0.1) is 0 Å². The van der Waals surface area contributed by atoms with Crippen LogP contribution >= 0.6 is 7.82 Å². The molecule has 0 aliphatic heterocycles. The van der Waals surface area contributed by atoms with E-state index >= 15 is 0 Å². The molecule has 0 aliphatic carbocycles. The highest BCUT2D eigenvalue weighted by molar-refractivity contribution is 7.47. The van der Waals surface area contributed by atoms with Crippen LogP contribution in [0.5, 0.6) is 0 Å². The fourth-order valence-corrected chi connectivity index (χ4v) is 7.06. The van der Waals surface area contributed by atoms with Gasteiger partial charge in [-0.1, -0.05) is 162 Å². The molecule has 0 aromatic carbocycles. The van der Waals surface area contributed by atoms with Gasteiger partial charge in [0.05, 0.1) is 19.8 Å². The van der Waals surface area contributed by atoms with Crippen molar-refractivity contribution in [3.05, 3.63) is 109 Å². The number of aliphatic hydroxyl groups is 1. The first kappa shape index (κ1) is 64.1. The van der Waals surface area contributed by atoms with E-state index in [1.807, 2.05) is 0 Å². The average molecular weight is 971 g/mol. The molecule has 12 heteroatoms. The molecule has 0 aromatic heterocycles. The van der Waals surface area contributed by atoms with Gasteiger partial charge in [0.25, 0.3) is 0 Å². The van der Waals surface area contributed by atoms with Crippen LogP contribution in [-0.4, -0.2) is 66.5 Å². The third kappa shape index (κ3) is 47.2. The minimum atomic E-state index is -4.77. The Morgan fingerprint density at radius 3 is 1.22 bits per heavy atom. The number of rotatable bonds is 46. The Morgan fingerprint density at radius 2 is 0.765 bits per heavy atom. The number of phosphoric acid groups is 1. The summed E-state index contributed by atoms with van der Waals surface area (Å²) in [5.41, 5.74) is 0. The molecule has 0 aromatic rings. The molecule has 386 valence electrons. The zero-order valence-corrected chi connectivity index (χ0v) is 43.2. The van der Waals surface area contributed by atoms with E-state index in [9.17, 15) is 28.9 Å². The lowest BCUT2D eigenvalue weighted by molar-refractivity contribution is -0.161. The molecule has 0 saturated heterocycles. The number of carbonyl (C=O) groups is 3. The number of phosphoric ester groups is 1. The lowest BCUT2D eigenvalue weighted by atomic mass is 10.1. The summed E-state index contributed by atoms with van der Waals surface area (Å²) < 4.78 is 39.3. The maximum atomic E-state index is 12.8. The Hall–Kier alpha value is -3.86. The lowest BCUT2D eigenvalue weighted by Crippen LogP contribution is -2.30. The molecule has 3 unspecified atom stereocenters. The first-order valence-corrected chi connectivity index (χ1v) is 27.3. The topological polar surface area (TPSA) is 155 Å². The van der Waals surface area contributed by atoms with Crippen LogP contribution in [0.4, 0.5) is 0 Å². The molecule has 3 atom stereocenters. The van der Waals surface area contributed by atoms with E-state index in [-0.39, 0.29) is 25.9 Å². The van der Waals surface area contributed by atoms with E-state index in [0.29, 0.717) is 19.3 Å². The second-order valence-corrected chi connectivity index (χ2v) is 18.0. The molecule has 0 aliphatic rings. The minimum absolute atomic E-state index is 0.102. The molecule has 0 spiro atoms. The number of allylic oxidation sites excluding steroid dienone is 18. The van der Waals surface area contributed by atoms with Gasteiger partial charge in [-0.3, -0.25) is 23.4 Å². The Bertz CT molecular complexity index is 1550. The van der Waals surface area contributed by atoms with Crippen LogP contribution in [0.3, 0.4) is 0 Å². The molecule has 0 radical (unpaired) electrons. The summed E-state index contributed by atoms with van der Waals surface area (Å²) in [7, 11) is -4.77. The quantitative estimate of drug-likeness (QED) is 0.0197. The van der Waals surface area contributed by atoms with E-state index in [0.717, 1.165) is 128 Å². The number of carbonyl (C=O) groups excluding carboxylic acids is 3. The minimum Gasteiger partial charge on any atom is -0.462 e. The van der Waals surface area contributed by atoms with Crippen LogP contribution in [0.1, 0.15) is 188 Å². The van der Waals surface area contributed by atoms with Crippen molar-refractivity contribution in [2.45, 2.75) is 200 Å². The van der Waals surface area contributed by atoms with Crippen molar-refractivity contribution in [1.29, 1.82) is 0 Å². The van der Waals surface area contributed by atoms with Gasteiger partial charge < -0.3 is 24.2 Å². The average Bonchev–Trinajstić information content (AvgIpc) is 3.32. The van der Waals surface area contributed by atoms with Gasteiger partial charge in [-0.2, -0.15) is 0 Å². The van der Waals surface area contributed by atoms with Crippen LogP contribution in [0.2, 0.25) is 0 Å². The fraction of sp³-hybridized carbons (Fsp3) is 0.625. The number of hydrogen-bond donors (Lipinski definition) is 2. The van der Waals surface area contributed by atoms with Gasteiger partial charge in [0.2, 0.25) is 0 Å². The summed E-state index contributed by atoms with van der Waals surface area (Å²) >= 11 is 0. The number of aliphatic hydroxyl groups excluding tert-OH is 1. The van der Waals surface area contributed by atoms with Gasteiger partial charge in [-0.25, -0.2) is 4.57 Å². The fourth-order valence-electron chi connectivity index (χ4n) is 6.28. The van der Waals surface area contributed by atoms with E-state index in [4.69, 9.17) is 23.3 Å². The van der Waals surface area contributed by atoms with Crippen molar-refractivity contribution in [3.8, 4) is 0 Å². The molecular formula is C56H91O11P. The summed E-state index contributed by atoms with van der Waals surface area (Å²) in [4.78, 5) is 48.3. The van der Waals surface area contributed by atoms with E-state index < -0.39 is 57.8 Å². The van der Waals surface area contributed by atoms with Crippen molar-refractivity contribution in [1.82, 2.24) is 0 Å². The first-order chi connectivity index (χ1) is 33.2. The van der Waals surface area contributed by atoms with Gasteiger partial charge in [0.15, 0.2) is 6.10 Å². The molecule has 68 heavy (non-hydrogen) atoms. The number of unbranched alkanes of at least 4 members (excludes halogenated alkanes) is 11. The SMILES string of the molecule is CC/C=C\C/C=C\C/C=C\C/C=C\CCCCC(=O)OC(COC(=O)CCCCC/C=C\C/C=C\C/C=C\CC)COP(=O)(O)OCC(CO)OC(=O)CCCCCCC/C=C\C/C=C\CCC. The van der Waals surface area contributed by atoms with Crippen molar-refractivity contribution in [2.75, 3.05) is 26.4 Å². The Kier molecular flexibility index (Phi) is 46.7. The highest BCUT2D eigenvalue weighted by atomic mass is 31.2. The van der Waals surface area contributed by atoms with E-state index in [1.165, 1.54) is 0 Å². The highest BCUT2D eigenvalue weighted by Gasteiger charge is 2.28. The standard InChI is InChI=1S/C56H91O11P/c1-4-7-10-13-16-19-22-25-26-29-32-35-38-41-44-47-56(60)67-53(49-63-54(58)45-42-39-36-33-30-27-23-20-17-14-11-8-5-2)51-65-68(61,62)64-50-52(48-57)66-55(59)46-43-40-37-34-31-28-24-21-18-15-12-9-6-3/h7-8,10-12,15-17,19-21,24-27,30,32,35,52-53,57H,4-6,9,13-14,18,22-23,28-29,31,33-34,36-51H2,1-3H3,(H,61,62)/b10-7-,11-8-,15-12-,19-16-,20-17-,24-21-,26-25-,30-27-,35-32-. The summed E-state index contributed by atoms with van der Waals surface area (Å²) in [6.45, 7) is 4.21. The summed E-state index contributed by atoms with van der Waals surface area (Å²) in [6.07, 6.45) is 57.8. The maximum absolute atomic E-state index is 12.8. The largest absolute Gasteiger partial charge is 0.472 e.